The van der Waals surface area contributed by atoms with Crippen molar-refractivity contribution in [3.63, 3.8) is 0 Å². The highest BCUT2D eigenvalue weighted by Gasteiger charge is 2.19. The second-order valence-corrected chi connectivity index (χ2v) is 3.22. The van der Waals surface area contributed by atoms with Gasteiger partial charge in [-0.05, 0) is 19.3 Å². The summed E-state index contributed by atoms with van der Waals surface area (Å²) in [6.07, 6.45) is 2.13. The molecule has 0 aliphatic carbocycles. The van der Waals surface area contributed by atoms with Crippen molar-refractivity contribution in [1.29, 1.82) is 0 Å². The zero-order valence-electron chi connectivity index (χ0n) is 7.75. The molecule has 5 nitrogen and oxygen atoms in total. The van der Waals surface area contributed by atoms with Crippen molar-refractivity contribution in [3.05, 3.63) is 11.3 Å². The van der Waals surface area contributed by atoms with Crippen LogP contribution in [0.25, 0.3) is 0 Å². The molecule has 0 aromatic rings. The number of piperidine rings is 1. The first-order valence-electron chi connectivity index (χ1n) is 4.52. The largest absolute Gasteiger partial charge is 0.481 e. The van der Waals surface area contributed by atoms with E-state index in [1.165, 1.54) is 0 Å². The summed E-state index contributed by atoms with van der Waals surface area (Å²) in [5, 5.41) is 20.3. The summed E-state index contributed by atoms with van der Waals surface area (Å²) in [7, 11) is 0. The summed E-state index contributed by atoms with van der Waals surface area (Å²) < 4.78 is 0. The third-order valence-corrected chi connectivity index (χ3v) is 2.14. The van der Waals surface area contributed by atoms with Crippen LogP contribution in [-0.2, 0) is 9.59 Å². The highest BCUT2D eigenvalue weighted by Crippen LogP contribution is 2.17. The predicted molar refractivity (Wildman–Crippen MR) is 48.8 cm³/mol. The lowest BCUT2D eigenvalue weighted by atomic mass is 10.0. The zero-order valence-corrected chi connectivity index (χ0v) is 7.75. The molecular weight excluding hydrogens is 186 g/mol. The Bertz CT molecular complexity index is 275. The SMILES string of the molecule is O=C(O)CC(C(=O)O)=C1CCCCN1. The summed E-state index contributed by atoms with van der Waals surface area (Å²) >= 11 is 0. The molecule has 0 atom stereocenters. The molecule has 0 bridgehead atoms. The van der Waals surface area contributed by atoms with Crippen LogP contribution >= 0.6 is 0 Å². The number of aliphatic carboxylic acids is 2. The van der Waals surface area contributed by atoms with Gasteiger partial charge < -0.3 is 15.5 Å². The van der Waals surface area contributed by atoms with Gasteiger partial charge in [0.15, 0.2) is 0 Å². The second-order valence-electron chi connectivity index (χ2n) is 3.22. The molecule has 1 aliphatic heterocycles. The monoisotopic (exact) mass is 199 g/mol. The molecule has 5 heteroatoms. The van der Waals surface area contributed by atoms with Gasteiger partial charge in [-0.25, -0.2) is 4.79 Å². The van der Waals surface area contributed by atoms with E-state index >= 15 is 0 Å². The molecule has 0 amide bonds. The Hall–Kier alpha value is -1.52. The van der Waals surface area contributed by atoms with Gasteiger partial charge in [-0.3, -0.25) is 4.79 Å². The highest BCUT2D eigenvalue weighted by molar-refractivity contribution is 5.92. The van der Waals surface area contributed by atoms with Crippen LogP contribution in [0.4, 0.5) is 0 Å². The van der Waals surface area contributed by atoms with Gasteiger partial charge in [-0.15, -0.1) is 0 Å². The maximum absolute atomic E-state index is 10.8. The number of allylic oxidation sites excluding steroid dienone is 1. The Balaban J connectivity index is 2.82. The molecular formula is C9H13NO4. The van der Waals surface area contributed by atoms with Gasteiger partial charge in [-0.1, -0.05) is 0 Å². The number of hydrogen-bond acceptors (Lipinski definition) is 3. The fourth-order valence-corrected chi connectivity index (χ4v) is 1.47. The minimum Gasteiger partial charge on any atom is -0.481 e. The fourth-order valence-electron chi connectivity index (χ4n) is 1.47. The van der Waals surface area contributed by atoms with Crippen molar-refractivity contribution in [2.75, 3.05) is 6.54 Å². The molecule has 0 aromatic carbocycles. The quantitative estimate of drug-likeness (QED) is 0.578. The van der Waals surface area contributed by atoms with E-state index in [9.17, 15) is 9.59 Å². The van der Waals surface area contributed by atoms with Gasteiger partial charge in [0.25, 0.3) is 0 Å². The van der Waals surface area contributed by atoms with Crippen LogP contribution in [0.3, 0.4) is 0 Å². The van der Waals surface area contributed by atoms with Crippen LogP contribution in [0.5, 0.6) is 0 Å². The minimum absolute atomic E-state index is 0.0165. The normalized spacial score (nSPS) is 19.7. The Labute approximate surface area is 81.4 Å². The Morgan fingerprint density at radius 2 is 2.00 bits per heavy atom. The lowest BCUT2D eigenvalue weighted by Crippen LogP contribution is -2.24. The van der Waals surface area contributed by atoms with Gasteiger partial charge >= 0.3 is 11.9 Å². The number of carboxylic acid groups (broad SMARTS) is 2. The molecule has 0 saturated carbocycles. The maximum atomic E-state index is 10.8. The van der Waals surface area contributed by atoms with E-state index in [0.29, 0.717) is 12.1 Å². The van der Waals surface area contributed by atoms with Gasteiger partial charge in [0, 0.05) is 12.2 Å². The highest BCUT2D eigenvalue weighted by atomic mass is 16.4. The molecule has 1 heterocycles. The van der Waals surface area contributed by atoms with Gasteiger partial charge in [-0.2, -0.15) is 0 Å². The van der Waals surface area contributed by atoms with Crippen LogP contribution in [0.2, 0.25) is 0 Å². The molecule has 0 radical (unpaired) electrons. The third-order valence-electron chi connectivity index (χ3n) is 2.14. The first-order valence-corrected chi connectivity index (χ1v) is 4.52. The number of carboxylic acids is 2. The molecule has 0 unspecified atom stereocenters. The maximum Gasteiger partial charge on any atom is 0.333 e. The molecule has 1 aliphatic rings. The van der Waals surface area contributed by atoms with E-state index in [1.807, 2.05) is 0 Å². The lowest BCUT2D eigenvalue weighted by Gasteiger charge is -2.18. The van der Waals surface area contributed by atoms with E-state index in [1.54, 1.807) is 0 Å². The van der Waals surface area contributed by atoms with E-state index in [2.05, 4.69) is 5.32 Å². The summed E-state index contributed by atoms with van der Waals surface area (Å²) in [4.78, 5) is 21.2. The summed E-state index contributed by atoms with van der Waals surface area (Å²) in [6, 6.07) is 0. The van der Waals surface area contributed by atoms with Crippen molar-refractivity contribution in [2.45, 2.75) is 25.7 Å². The van der Waals surface area contributed by atoms with Gasteiger partial charge in [0.1, 0.15) is 0 Å². The number of rotatable bonds is 3. The van der Waals surface area contributed by atoms with Crippen LogP contribution in [0, 0.1) is 0 Å². The zero-order chi connectivity index (χ0) is 10.6. The molecule has 3 N–H and O–H groups in total. The molecule has 1 fully saturated rings. The van der Waals surface area contributed by atoms with Crippen LogP contribution in [-0.4, -0.2) is 28.7 Å². The van der Waals surface area contributed by atoms with E-state index < -0.39 is 18.4 Å². The molecule has 0 spiro atoms. The average Bonchev–Trinajstić information content (AvgIpc) is 2.15. The lowest BCUT2D eigenvalue weighted by molar-refractivity contribution is -0.139. The summed E-state index contributed by atoms with van der Waals surface area (Å²) in [5.74, 6) is -2.25. The van der Waals surface area contributed by atoms with Gasteiger partial charge in [0.05, 0.1) is 12.0 Å². The molecule has 1 rings (SSSR count). The van der Waals surface area contributed by atoms with Crippen molar-refractivity contribution in [2.24, 2.45) is 0 Å². The van der Waals surface area contributed by atoms with E-state index in [4.69, 9.17) is 10.2 Å². The average molecular weight is 199 g/mol. The van der Waals surface area contributed by atoms with Crippen molar-refractivity contribution in [1.82, 2.24) is 5.32 Å². The third kappa shape index (κ3) is 2.76. The number of carbonyl (C=O) groups is 2. The molecule has 1 saturated heterocycles. The van der Waals surface area contributed by atoms with Crippen LogP contribution in [0.15, 0.2) is 11.3 Å². The topological polar surface area (TPSA) is 86.6 Å². The van der Waals surface area contributed by atoms with Crippen LogP contribution < -0.4 is 5.32 Å². The standard InChI is InChI=1S/C9H13NO4/c11-8(12)5-6(9(13)14)7-3-1-2-4-10-7/h10H,1-5H2,(H,11,12)(H,13,14). The minimum atomic E-state index is -1.14. The first-order chi connectivity index (χ1) is 6.61. The van der Waals surface area contributed by atoms with Crippen molar-refractivity contribution < 1.29 is 19.8 Å². The van der Waals surface area contributed by atoms with Crippen molar-refractivity contribution >= 4 is 11.9 Å². The van der Waals surface area contributed by atoms with E-state index in [0.717, 1.165) is 19.4 Å². The van der Waals surface area contributed by atoms with Crippen LogP contribution in [0.1, 0.15) is 25.7 Å². The van der Waals surface area contributed by atoms with Crippen molar-refractivity contribution in [3.8, 4) is 0 Å². The Kier molecular flexibility index (Phi) is 3.50. The van der Waals surface area contributed by atoms with Gasteiger partial charge in [0.2, 0.25) is 0 Å². The summed E-state index contributed by atoms with van der Waals surface area (Å²) in [6.45, 7) is 0.728. The number of hydrogen-bond donors (Lipinski definition) is 3. The Morgan fingerprint density at radius 1 is 1.29 bits per heavy atom. The summed E-state index contributed by atoms with van der Waals surface area (Å²) in [5.41, 5.74) is 0.559. The fraction of sp³-hybridized carbons (Fsp3) is 0.556. The Morgan fingerprint density at radius 3 is 2.43 bits per heavy atom. The number of nitrogens with one attached hydrogen (secondary N) is 1. The molecule has 0 aromatic heterocycles. The smallest absolute Gasteiger partial charge is 0.333 e. The molecule has 78 valence electrons. The second kappa shape index (κ2) is 4.64. The predicted octanol–water partition coefficient (Wildman–Crippen LogP) is 0.573. The molecule has 14 heavy (non-hydrogen) atoms. The van der Waals surface area contributed by atoms with E-state index in [-0.39, 0.29) is 5.57 Å². The first kappa shape index (κ1) is 10.6.